The fourth-order valence-corrected chi connectivity index (χ4v) is 1.96. The number of carboxylic acid groups (broad SMARTS) is 1. The van der Waals surface area contributed by atoms with Gasteiger partial charge in [-0.2, -0.15) is 12.6 Å². The van der Waals surface area contributed by atoms with Gasteiger partial charge in [0, 0.05) is 12.3 Å². The van der Waals surface area contributed by atoms with Crippen LogP contribution in [-0.2, 0) is 19.2 Å². The Hall–Kier alpha value is -2.54. The molecule has 0 bridgehead atoms. The van der Waals surface area contributed by atoms with Crippen molar-refractivity contribution < 1.29 is 24.3 Å². The van der Waals surface area contributed by atoms with Crippen LogP contribution in [0.1, 0.15) is 19.8 Å². The Kier molecular flexibility index (Phi) is 11.6. The predicted molar refractivity (Wildman–Crippen MR) is 102 cm³/mol. The van der Waals surface area contributed by atoms with Crippen LogP contribution < -0.4 is 33.2 Å². The highest BCUT2D eigenvalue weighted by molar-refractivity contribution is 7.80. The van der Waals surface area contributed by atoms with Crippen LogP contribution in [0.25, 0.3) is 0 Å². The topological polar surface area (TPSA) is 215 Å². The number of guanidine groups is 1. The van der Waals surface area contributed by atoms with E-state index >= 15 is 0 Å². The molecule has 10 N–H and O–H groups in total. The molecule has 0 saturated carbocycles. The second-order valence-corrected chi connectivity index (χ2v) is 6.01. The van der Waals surface area contributed by atoms with Crippen LogP contribution in [0.2, 0.25) is 0 Å². The molecule has 0 radical (unpaired) electrons. The zero-order valence-corrected chi connectivity index (χ0v) is 15.9. The van der Waals surface area contributed by atoms with Gasteiger partial charge < -0.3 is 38.3 Å². The first-order chi connectivity index (χ1) is 12.6. The first-order valence-corrected chi connectivity index (χ1v) is 8.73. The number of nitrogens with zero attached hydrogens (tertiary/aromatic N) is 1. The molecule has 0 heterocycles. The fourth-order valence-electron chi connectivity index (χ4n) is 1.80. The van der Waals surface area contributed by atoms with Gasteiger partial charge in [-0.25, -0.2) is 4.79 Å². The lowest BCUT2D eigenvalue weighted by Gasteiger charge is -2.17. The summed E-state index contributed by atoms with van der Waals surface area (Å²) in [6, 6.07) is -2.93. The van der Waals surface area contributed by atoms with E-state index in [4.69, 9.17) is 22.3 Å². The first-order valence-electron chi connectivity index (χ1n) is 8.10. The molecule has 3 amide bonds. The summed E-state index contributed by atoms with van der Waals surface area (Å²) in [5.41, 5.74) is 15.8. The van der Waals surface area contributed by atoms with Gasteiger partial charge in [0.15, 0.2) is 5.96 Å². The molecule has 0 aromatic carbocycles. The van der Waals surface area contributed by atoms with Crippen molar-refractivity contribution in [3.05, 3.63) is 0 Å². The summed E-state index contributed by atoms with van der Waals surface area (Å²) in [7, 11) is 0. The molecule has 0 aromatic heterocycles. The minimum atomic E-state index is -1.22. The molecule has 0 aliphatic carbocycles. The van der Waals surface area contributed by atoms with E-state index in [1.165, 1.54) is 6.92 Å². The quantitative estimate of drug-likeness (QED) is 0.0703. The number of carbonyl (C=O) groups is 4. The lowest BCUT2D eigenvalue weighted by atomic mass is 10.1. The van der Waals surface area contributed by atoms with E-state index in [9.17, 15) is 19.2 Å². The number of hydrogen-bond acceptors (Lipinski definition) is 7. The van der Waals surface area contributed by atoms with Gasteiger partial charge >= 0.3 is 5.97 Å². The maximum absolute atomic E-state index is 11.9. The number of nitrogens with two attached hydrogens (primary N) is 3. The molecule has 0 fully saturated rings. The van der Waals surface area contributed by atoms with Crippen molar-refractivity contribution in [1.82, 2.24) is 16.0 Å². The number of rotatable bonds is 12. The van der Waals surface area contributed by atoms with Crippen LogP contribution in [0.3, 0.4) is 0 Å². The number of amides is 3. The Bertz CT molecular complexity index is 568. The molecule has 0 aromatic rings. The third-order valence-electron chi connectivity index (χ3n) is 3.29. The minimum absolute atomic E-state index is 0.106. The lowest BCUT2D eigenvalue weighted by Crippen LogP contribution is -2.52. The molecule has 0 rings (SSSR count). The lowest BCUT2D eigenvalue weighted by molar-refractivity contribution is -0.142. The molecule has 12 nitrogen and oxygen atoms in total. The predicted octanol–water partition coefficient (Wildman–Crippen LogP) is -3.51. The highest BCUT2D eigenvalue weighted by Crippen LogP contribution is 1.98. The van der Waals surface area contributed by atoms with Crippen molar-refractivity contribution in [1.29, 1.82) is 0 Å². The maximum Gasteiger partial charge on any atom is 0.326 e. The van der Waals surface area contributed by atoms with Crippen molar-refractivity contribution in [2.45, 2.75) is 37.9 Å². The molecule has 0 aliphatic rings. The van der Waals surface area contributed by atoms with Gasteiger partial charge in [-0.3, -0.25) is 19.4 Å². The van der Waals surface area contributed by atoms with Gasteiger partial charge in [0.1, 0.15) is 12.1 Å². The number of thiol groups is 1. The second kappa shape index (κ2) is 12.8. The zero-order valence-electron chi connectivity index (χ0n) is 15.0. The molecular weight excluding hydrogens is 378 g/mol. The Morgan fingerprint density at radius 3 is 2.30 bits per heavy atom. The maximum atomic E-state index is 11.9. The largest absolute Gasteiger partial charge is 0.480 e. The van der Waals surface area contributed by atoms with Crippen LogP contribution in [0, 0.1) is 0 Å². The Morgan fingerprint density at radius 1 is 1.15 bits per heavy atom. The average Bonchev–Trinajstić information content (AvgIpc) is 2.60. The van der Waals surface area contributed by atoms with E-state index in [0.717, 1.165) is 0 Å². The minimum Gasteiger partial charge on any atom is -0.480 e. The molecule has 0 spiro atoms. The van der Waals surface area contributed by atoms with Crippen molar-refractivity contribution in [2.24, 2.45) is 22.2 Å². The monoisotopic (exact) mass is 405 g/mol. The Balaban J connectivity index is 4.37. The molecular formula is C14H27N7O5S. The van der Waals surface area contributed by atoms with Crippen molar-refractivity contribution in [3.63, 3.8) is 0 Å². The molecule has 154 valence electrons. The van der Waals surface area contributed by atoms with Crippen LogP contribution in [0.15, 0.2) is 4.99 Å². The molecule has 3 atom stereocenters. The normalized spacial score (nSPS) is 13.6. The summed E-state index contributed by atoms with van der Waals surface area (Å²) in [4.78, 5) is 50.2. The summed E-state index contributed by atoms with van der Waals surface area (Å²) < 4.78 is 0. The third kappa shape index (κ3) is 10.9. The van der Waals surface area contributed by atoms with E-state index < -0.39 is 48.4 Å². The van der Waals surface area contributed by atoms with Crippen molar-refractivity contribution >= 4 is 42.3 Å². The molecule has 3 unspecified atom stereocenters. The van der Waals surface area contributed by atoms with Crippen molar-refractivity contribution in [3.8, 4) is 0 Å². The van der Waals surface area contributed by atoms with E-state index in [1.54, 1.807) is 0 Å². The summed E-state index contributed by atoms with van der Waals surface area (Å²) in [6.07, 6.45) is 0.454. The number of hydrogen-bond donors (Lipinski definition) is 8. The molecule has 27 heavy (non-hydrogen) atoms. The number of aliphatic imine (C=N–C) groups is 1. The fraction of sp³-hybridized carbons (Fsp3) is 0.643. The van der Waals surface area contributed by atoms with Crippen LogP contribution in [-0.4, -0.2) is 71.7 Å². The van der Waals surface area contributed by atoms with Gasteiger partial charge in [-0.15, -0.1) is 0 Å². The number of nitrogens with one attached hydrogen (secondary N) is 3. The summed E-state index contributed by atoms with van der Waals surface area (Å²) in [6.45, 7) is 1.19. The Labute approximate surface area is 162 Å². The number of aliphatic carboxylic acids is 1. The van der Waals surface area contributed by atoms with Gasteiger partial charge in [-0.05, 0) is 19.8 Å². The molecule has 0 saturated heterocycles. The molecule has 0 aliphatic heterocycles. The van der Waals surface area contributed by atoms with E-state index in [2.05, 4.69) is 33.6 Å². The number of carbonyl (C=O) groups excluding carboxylic acids is 3. The molecule has 13 heteroatoms. The van der Waals surface area contributed by atoms with Gasteiger partial charge in [0.05, 0.1) is 12.6 Å². The van der Waals surface area contributed by atoms with Crippen LogP contribution in [0.4, 0.5) is 0 Å². The highest BCUT2D eigenvalue weighted by Gasteiger charge is 2.22. The average molecular weight is 405 g/mol. The second-order valence-electron chi connectivity index (χ2n) is 5.64. The van der Waals surface area contributed by atoms with E-state index in [1.807, 2.05) is 0 Å². The summed E-state index contributed by atoms with van der Waals surface area (Å²) >= 11 is 3.88. The van der Waals surface area contributed by atoms with Gasteiger partial charge in [0.25, 0.3) is 0 Å². The standard InChI is InChI=1S/C14H27N7O5S/c1-7(20-12(24)8(15)6-27)11(23)19-5-10(22)21-9(13(25)26)3-2-4-18-14(16)17/h7-9,27H,2-6,15H2,1H3,(H,19,23)(H,20,24)(H,21,22)(H,25,26)(H4,16,17,18). The Morgan fingerprint density at radius 2 is 1.78 bits per heavy atom. The summed E-state index contributed by atoms with van der Waals surface area (Å²) in [5, 5.41) is 16.1. The van der Waals surface area contributed by atoms with Gasteiger partial charge in [0.2, 0.25) is 17.7 Å². The van der Waals surface area contributed by atoms with Crippen molar-refractivity contribution in [2.75, 3.05) is 18.8 Å². The van der Waals surface area contributed by atoms with Crippen LogP contribution >= 0.6 is 12.6 Å². The van der Waals surface area contributed by atoms with E-state index in [0.29, 0.717) is 6.42 Å². The number of carboxylic acids is 1. The van der Waals surface area contributed by atoms with Gasteiger partial charge in [-0.1, -0.05) is 0 Å². The summed E-state index contributed by atoms with van der Waals surface area (Å²) in [5.74, 6) is -3.08. The van der Waals surface area contributed by atoms with Crippen LogP contribution in [0.5, 0.6) is 0 Å². The SMILES string of the molecule is CC(NC(=O)C(N)CS)C(=O)NCC(=O)NC(CCCN=C(N)N)C(=O)O. The first kappa shape index (κ1) is 24.5. The van der Waals surface area contributed by atoms with E-state index in [-0.39, 0.29) is 24.7 Å². The highest BCUT2D eigenvalue weighted by atomic mass is 32.1. The third-order valence-corrected chi connectivity index (χ3v) is 3.68. The smallest absolute Gasteiger partial charge is 0.326 e. The zero-order chi connectivity index (χ0) is 21.0.